The first-order valence-corrected chi connectivity index (χ1v) is 20.4. The quantitative estimate of drug-likeness (QED) is 0.167. The van der Waals surface area contributed by atoms with Crippen molar-refractivity contribution in [1.29, 1.82) is 0 Å². The van der Waals surface area contributed by atoms with Gasteiger partial charge in [0.15, 0.2) is 0 Å². The Balaban J connectivity index is 1.20. The maximum absolute atomic E-state index is 2.54. The normalized spacial score (nSPS) is 14.5. The largest absolute Gasteiger partial charge is 0.310 e. The SMILES string of the molecule is c1ccc(N(c2ccccc2)c2ccc3c(c2)C2(c4ccccc4-3)c3ccccc3-c3c2cc(N(c2ccccc2)c2cccc4ccccc24)c2ccccc32)cc1. The summed E-state index contributed by atoms with van der Waals surface area (Å²) >= 11 is 0. The molecule has 10 aromatic carbocycles. The molecule has 0 fully saturated rings. The maximum Gasteiger partial charge on any atom is 0.0727 e. The highest BCUT2D eigenvalue weighted by atomic mass is 15.1. The average Bonchev–Trinajstić information content (AvgIpc) is 3.77. The van der Waals surface area contributed by atoms with Gasteiger partial charge in [0.2, 0.25) is 0 Å². The van der Waals surface area contributed by atoms with Crippen LogP contribution in [0.2, 0.25) is 0 Å². The first kappa shape index (κ1) is 33.5. The molecule has 1 atom stereocenters. The van der Waals surface area contributed by atoms with Gasteiger partial charge < -0.3 is 9.80 Å². The van der Waals surface area contributed by atoms with Gasteiger partial charge in [0.25, 0.3) is 0 Å². The van der Waals surface area contributed by atoms with E-state index >= 15 is 0 Å². The van der Waals surface area contributed by atoms with Gasteiger partial charge in [0.05, 0.1) is 16.8 Å². The second-order valence-corrected chi connectivity index (χ2v) is 15.6. The van der Waals surface area contributed by atoms with E-state index in [2.05, 4.69) is 240 Å². The van der Waals surface area contributed by atoms with E-state index in [1.54, 1.807) is 0 Å². The lowest BCUT2D eigenvalue weighted by molar-refractivity contribution is 0.794. The van der Waals surface area contributed by atoms with Crippen LogP contribution < -0.4 is 9.80 Å². The molecule has 0 N–H and O–H groups in total. The Bertz CT molecular complexity index is 3180. The van der Waals surface area contributed by atoms with Crippen LogP contribution in [0.5, 0.6) is 0 Å². The molecule has 2 nitrogen and oxygen atoms in total. The maximum atomic E-state index is 2.54. The fourth-order valence-electron chi connectivity index (χ4n) is 10.3. The van der Waals surface area contributed by atoms with E-state index in [0.717, 1.165) is 34.1 Å². The van der Waals surface area contributed by atoms with Gasteiger partial charge in [-0.1, -0.05) is 170 Å². The molecular formula is C57H38N2. The van der Waals surface area contributed by atoms with Gasteiger partial charge in [-0.05, 0) is 116 Å². The molecule has 0 saturated heterocycles. The van der Waals surface area contributed by atoms with Crippen LogP contribution in [0.3, 0.4) is 0 Å². The zero-order chi connectivity index (χ0) is 38.9. The third kappa shape index (κ3) is 4.87. The Hall–Kier alpha value is -7.68. The van der Waals surface area contributed by atoms with Crippen molar-refractivity contribution in [3.63, 3.8) is 0 Å². The van der Waals surface area contributed by atoms with E-state index < -0.39 is 5.41 Å². The summed E-state index contributed by atoms with van der Waals surface area (Å²) in [4.78, 5) is 4.88. The van der Waals surface area contributed by atoms with Crippen molar-refractivity contribution in [3.05, 3.63) is 253 Å². The molecule has 0 amide bonds. The fraction of sp³-hybridized carbons (Fsp3) is 0.0175. The van der Waals surface area contributed by atoms with E-state index in [0.29, 0.717) is 0 Å². The summed E-state index contributed by atoms with van der Waals surface area (Å²) in [6.45, 7) is 0. The number of rotatable bonds is 6. The molecule has 276 valence electrons. The Morgan fingerprint density at radius 3 is 1.47 bits per heavy atom. The van der Waals surface area contributed by atoms with Gasteiger partial charge in [0, 0.05) is 33.5 Å². The van der Waals surface area contributed by atoms with E-state index in [1.165, 1.54) is 66.1 Å². The number of fused-ring (bicyclic) bond motifs is 13. The number of hydrogen-bond donors (Lipinski definition) is 0. The third-order valence-corrected chi connectivity index (χ3v) is 12.6. The molecule has 0 saturated carbocycles. The number of nitrogens with zero attached hydrogens (tertiary/aromatic N) is 2. The molecule has 1 spiro atoms. The second-order valence-electron chi connectivity index (χ2n) is 15.6. The first-order valence-electron chi connectivity index (χ1n) is 20.4. The second kappa shape index (κ2) is 13.2. The molecular weight excluding hydrogens is 713 g/mol. The zero-order valence-electron chi connectivity index (χ0n) is 32.3. The summed E-state index contributed by atoms with van der Waals surface area (Å²) in [7, 11) is 0. The summed E-state index contributed by atoms with van der Waals surface area (Å²) < 4.78 is 0. The number of hydrogen-bond acceptors (Lipinski definition) is 2. The van der Waals surface area contributed by atoms with Crippen LogP contribution in [0.1, 0.15) is 22.3 Å². The Morgan fingerprint density at radius 1 is 0.271 bits per heavy atom. The van der Waals surface area contributed by atoms with Crippen LogP contribution in [0.25, 0.3) is 43.8 Å². The monoisotopic (exact) mass is 750 g/mol. The van der Waals surface area contributed by atoms with E-state index in [9.17, 15) is 0 Å². The summed E-state index contributed by atoms with van der Waals surface area (Å²) in [6, 6.07) is 84.8. The fourth-order valence-corrected chi connectivity index (χ4v) is 10.3. The zero-order valence-corrected chi connectivity index (χ0v) is 32.3. The molecule has 2 aliphatic rings. The molecule has 0 radical (unpaired) electrons. The van der Waals surface area contributed by atoms with Gasteiger partial charge in [0.1, 0.15) is 0 Å². The lowest BCUT2D eigenvalue weighted by atomic mass is 9.70. The number of para-hydroxylation sites is 3. The highest BCUT2D eigenvalue weighted by molar-refractivity contribution is 6.13. The van der Waals surface area contributed by atoms with Gasteiger partial charge in [-0.25, -0.2) is 0 Å². The molecule has 12 rings (SSSR count). The van der Waals surface area contributed by atoms with Crippen LogP contribution in [-0.2, 0) is 5.41 Å². The average molecular weight is 751 g/mol. The molecule has 2 aliphatic carbocycles. The molecule has 10 aromatic rings. The van der Waals surface area contributed by atoms with Crippen LogP contribution in [0.4, 0.5) is 34.1 Å². The van der Waals surface area contributed by atoms with Gasteiger partial charge >= 0.3 is 0 Å². The summed E-state index contributed by atoms with van der Waals surface area (Å²) in [5.41, 5.74) is 16.6. The molecule has 1 unspecified atom stereocenters. The lowest BCUT2D eigenvalue weighted by Gasteiger charge is -2.34. The minimum absolute atomic E-state index is 0.577. The summed E-state index contributed by atoms with van der Waals surface area (Å²) in [5, 5.41) is 4.90. The Kier molecular flexibility index (Phi) is 7.48. The van der Waals surface area contributed by atoms with Gasteiger partial charge in [-0.3, -0.25) is 0 Å². The molecule has 0 aliphatic heterocycles. The van der Waals surface area contributed by atoms with Crippen LogP contribution in [0.15, 0.2) is 231 Å². The highest BCUT2D eigenvalue weighted by Crippen LogP contribution is 2.65. The van der Waals surface area contributed by atoms with Crippen molar-refractivity contribution in [3.8, 4) is 22.3 Å². The molecule has 59 heavy (non-hydrogen) atoms. The van der Waals surface area contributed by atoms with E-state index in [4.69, 9.17) is 0 Å². The van der Waals surface area contributed by atoms with Crippen LogP contribution in [-0.4, -0.2) is 0 Å². The van der Waals surface area contributed by atoms with Crippen molar-refractivity contribution in [2.45, 2.75) is 5.41 Å². The van der Waals surface area contributed by atoms with E-state index in [1.807, 2.05) is 0 Å². The number of benzene rings is 10. The summed E-state index contributed by atoms with van der Waals surface area (Å²) in [5.74, 6) is 0. The molecule has 2 heteroatoms. The Morgan fingerprint density at radius 2 is 0.780 bits per heavy atom. The molecule has 0 heterocycles. The smallest absolute Gasteiger partial charge is 0.0727 e. The van der Waals surface area contributed by atoms with Crippen LogP contribution >= 0.6 is 0 Å². The lowest BCUT2D eigenvalue weighted by Crippen LogP contribution is -2.26. The van der Waals surface area contributed by atoms with Crippen molar-refractivity contribution < 1.29 is 0 Å². The molecule has 0 aromatic heterocycles. The Labute approximate surface area is 344 Å². The minimum Gasteiger partial charge on any atom is -0.310 e. The van der Waals surface area contributed by atoms with Crippen LogP contribution in [0, 0.1) is 0 Å². The minimum atomic E-state index is -0.577. The van der Waals surface area contributed by atoms with E-state index in [-0.39, 0.29) is 0 Å². The highest BCUT2D eigenvalue weighted by Gasteiger charge is 2.52. The standard InChI is InChI=1S/C57H38N2/c1-4-21-40(22-5-1)58(41-23-6-2-7-24-41)43-35-36-46-45-28-14-16-32-50(45)57(52(46)37-43)51-33-17-15-31-49(51)56-48-30-13-12-29-47(48)55(38-53(56)57)59(42-25-8-3-9-26-42)54-34-18-20-39-19-10-11-27-44(39)54/h1-38H. The third-order valence-electron chi connectivity index (χ3n) is 12.6. The van der Waals surface area contributed by atoms with Crippen molar-refractivity contribution in [2.75, 3.05) is 9.80 Å². The van der Waals surface area contributed by atoms with Crippen molar-refractivity contribution in [1.82, 2.24) is 0 Å². The summed E-state index contributed by atoms with van der Waals surface area (Å²) in [6.07, 6.45) is 0. The predicted octanol–water partition coefficient (Wildman–Crippen LogP) is 15.3. The topological polar surface area (TPSA) is 6.48 Å². The van der Waals surface area contributed by atoms with Gasteiger partial charge in [-0.15, -0.1) is 0 Å². The predicted molar refractivity (Wildman–Crippen MR) is 247 cm³/mol. The van der Waals surface area contributed by atoms with Crippen molar-refractivity contribution >= 4 is 55.7 Å². The van der Waals surface area contributed by atoms with Gasteiger partial charge in [-0.2, -0.15) is 0 Å². The molecule has 0 bridgehead atoms. The first-order chi connectivity index (χ1) is 29.3. The van der Waals surface area contributed by atoms with Crippen molar-refractivity contribution in [2.24, 2.45) is 0 Å². The number of anilines is 6.